The molecule has 0 amide bonds. The average Bonchev–Trinajstić information content (AvgIpc) is 2.33. The van der Waals surface area contributed by atoms with Crippen LogP contribution in [0.3, 0.4) is 0 Å². The van der Waals surface area contributed by atoms with Crippen molar-refractivity contribution in [3.63, 3.8) is 0 Å². The topological polar surface area (TPSA) is 35.2 Å². The van der Waals surface area contributed by atoms with Crippen LogP contribution in [0.5, 0.6) is 0 Å². The molecule has 16 heavy (non-hydrogen) atoms. The summed E-state index contributed by atoms with van der Waals surface area (Å²) in [6.45, 7) is 1.79. The van der Waals surface area contributed by atoms with Gasteiger partial charge < -0.3 is 10.5 Å². The summed E-state index contributed by atoms with van der Waals surface area (Å²) in [4.78, 5) is 0. The SMILES string of the molecule is NCC1(c2cc(F)ccc2Cl)CCOCC1. The second-order valence-corrected chi connectivity index (χ2v) is 4.63. The highest BCUT2D eigenvalue weighted by Gasteiger charge is 2.34. The average molecular weight is 244 g/mol. The second kappa shape index (κ2) is 4.70. The van der Waals surface area contributed by atoms with Crippen molar-refractivity contribution in [3.05, 3.63) is 34.6 Å². The number of rotatable bonds is 2. The van der Waals surface area contributed by atoms with E-state index in [1.807, 2.05) is 0 Å². The van der Waals surface area contributed by atoms with Gasteiger partial charge in [-0.3, -0.25) is 0 Å². The van der Waals surface area contributed by atoms with Gasteiger partial charge in [0, 0.05) is 30.2 Å². The lowest BCUT2D eigenvalue weighted by Gasteiger charge is -2.37. The van der Waals surface area contributed by atoms with Crippen molar-refractivity contribution in [3.8, 4) is 0 Å². The standard InChI is InChI=1S/C12H15ClFNO/c13-11-2-1-9(14)7-10(11)12(8-15)3-5-16-6-4-12/h1-2,7H,3-6,8,15H2. The predicted molar refractivity (Wildman–Crippen MR) is 62.2 cm³/mol. The van der Waals surface area contributed by atoms with Crippen molar-refractivity contribution in [2.75, 3.05) is 19.8 Å². The molecule has 0 spiro atoms. The van der Waals surface area contributed by atoms with Gasteiger partial charge in [-0.15, -0.1) is 0 Å². The molecule has 0 atom stereocenters. The third kappa shape index (κ3) is 2.08. The van der Waals surface area contributed by atoms with Crippen LogP contribution in [0.2, 0.25) is 5.02 Å². The monoisotopic (exact) mass is 243 g/mol. The molecule has 0 radical (unpaired) electrons. The molecular formula is C12H15ClFNO. The molecule has 0 aliphatic carbocycles. The van der Waals surface area contributed by atoms with Crippen LogP contribution in [-0.2, 0) is 10.2 Å². The van der Waals surface area contributed by atoms with E-state index in [0.717, 1.165) is 18.4 Å². The lowest BCUT2D eigenvalue weighted by Crippen LogP contribution is -2.40. The van der Waals surface area contributed by atoms with Gasteiger partial charge in [0.05, 0.1) is 0 Å². The quantitative estimate of drug-likeness (QED) is 0.866. The van der Waals surface area contributed by atoms with Gasteiger partial charge in [-0.1, -0.05) is 11.6 Å². The number of ether oxygens (including phenoxy) is 1. The maximum atomic E-state index is 13.3. The summed E-state index contributed by atoms with van der Waals surface area (Å²) in [5.41, 5.74) is 6.45. The Morgan fingerprint density at radius 2 is 2.06 bits per heavy atom. The van der Waals surface area contributed by atoms with Gasteiger partial charge in [0.15, 0.2) is 0 Å². The van der Waals surface area contributed by atoms with Gasteiger partial charge in [-0.25, -0.2) is 4.39 Å². The zero-order valence-electron chi connectivity index (χ0n) is 9.01. The van der Waals surface area contributed by atoms with Crippen LogP contribution in [0.1, 0.15) is 18.4 Å². The van der Waals surface area contributed by atoms with E-state index in [2.05, 4.69) is 0 Å². The van der Waals surface area contributed by atoms with Crippen molar-refractivity contribution < 1.29 is 9.13 Å². The van der Waals surface area contributed by atoms with Crippen LogP contribution < -0.4 is 5.73 Å². The first-order valence-corrected chi connectivity index (χ1v) is 5.79. The molecule has 4 heteroatoms. The Bertz CT molecular complexity index is 377. The van der Waals surface area contributed by atoms with E-state index in [0.29, 0.717) is 24.8 Å². The summed E-state index contributed by atoms with van der Waals surface area (Å²) >= 11 is 6.13. The van der Waals surface area contributed by atoms with Gasteiger partial charge in [0.25, 0.3) is 0 Å². The van der Waals surface area contributed by atoms with E-state index >= 15 is 0 Å². The van der Waals surface area contributed by atoms with Gasteiger partial charge in [0.1, 0.15) is 5.82 Å². The van der Waals surface area contributed by atoms with Gasteiger partial charge in [-0.05, 0) is 36.6 Å². The lowest BCUT2D eigenvalue weighted by molar-refractivity contribution is 0.0529. The van der Waals surface area contributed by atoms with Crippen LogP contribution in [0, 0.1) is 5.82 Å². The minimum absolute atomic E-state index is 0.225. The number of nitrogens with two attached hydrogens (primary N) is 1. The molecule has 88 valence electrons. The fourth-order valence-corrected chi connectivity index (χ4v) is 2.57. The normalized spacial score (nSPS) is 19.7. The van der Waals surface area contributed by atoms with Gasteiger partial charge >= 0.3 is 0 Å². The number of benzene rings is 1. The van der Waals surface area contributed by atoms with Crippen molar-refractivity contribution >= 4 is 11.6 Å². The van der Waals surface area contributed by atoms with E-state index in [1.54, 1.807) is 6.07 Å². The Morgan fingerprint density at radius 1 is 1.38 bits per heavy atom. The maximum Gasteiger partial charge on any atom is 0.123 e. The van der Waals surface area contributed by atoms with E-state index in [-0.39, 0.29) is 11.2 Å². The van der Waals surface area contributed by atoms with Crippen LogP contribution in [0.15, 0.2) is 18.2 Å². The molecule has 1 aliphatic rings. The molecule has 1 saturated heterocycles. The van der Waals surface area contributed by atoms with E-state index in [1.165, 1.54) is 12.1 Å². The zero-order chi connectivity index (χ0) is 11.6. The fraction of sp³-hybridized carbons (Fsp3) is 0.500. The smallest absolute Gasteiger partial charge is 0.123 e. The first kappa shape index (κ1) is 11.8. The van der Waals surface area contributed by atoms with Crippen molar-refractivity contribution in [1.82, 2.24) is 0 Å². The highest BCUT2D eigenvalue weighted by atomic mass is 35.5. The third-order valence-electron chi connectivity index (χ3n) is 3.34. The summed E-state index contributed by atoms with van der Waals surface area (Å²) in [7, 11) is 0. The van der Waals surface area contributed by atoms with Crippen molar-refractivity contribution in [2.24, 2.45) is 5.73 Å². The Labute approximate surface area is 99.5 Å². The van der Waals surface area contributed by atoms with Crippen LogP contribution in [0.25, 0.3) is 0 Å². The Balaban J connectivity index is 2.42. The molecule has 2 nitrogen and oxygen atoms in total. The molecule has 0 unspecified atom stereocenters. The highest BCUT2D eigenvalue weighted by molar-refractivity contribution is 6.31. The number of hydrogen-bond donors (Lipinski definition) is 1. The van der Waals surface area contributed by atoms with Crippen molar-refractivity contribution in [2.45, 2.75) is 18.3 Å². The minimum Gasteiger partial charge on any atom is -0.381 e. The molecule has 2 N–H and O–H groups in total. The fourth-order valence-electron chi connectivity index (χ4n) is 2.25. The zero-order valence-corrected chi connectivity index (χ0v) is 9.77. The molecule has 2 rings (SSSR count). The number of hydrogen-bond acceptors (Lipinski definition) is 2. The molecule has 1 aliphatic heterocycles. The second-order valence-electron chi connectivity index (χ2n) is 4.22. The molecule has 1 fully saturated rings. The summed E-state index contributed by atoms with van der Waals surface area (Å²) < 4.78 is 18.6. The molecule has 0 aromatic heterocycles. The van der Waals surface area contributed by atoms with Crippen molar-refractivity contribution in [1.29, 1.82) is 0 Å². The Kier molecular flexibility index (Phi) is 3.47. The largest absolute Gasteiger partial charge is 0.381 e. The Morgan fingerprint density at radius 3 is 2.69 bits per heavy atom. The van der Waals surface area contributed by atoms with E-state index in [9.17, 15) is 4.39 Å². The first-order chi connectivity index (χ1) is 7.68. The Hall–Kier alpha value is -0.640. The van der Waals surface area contributed by atoms with Gasteiger partial charge in [0.2, 0.25) is 0 Å². The van der Waals surface area contributed by atoms with Crippen LogP contribution in [-0.4, -0.2) is 19.8 Å². The highest BCUT2D eigenvalue weighted by Crippen LogP contribution is 2.38. The molecule has 1 heterocycles. The van der Waals surface area contributed by atoms with E-state index < -0.39 is 0 Å². The molecule has 1 aromatic carbocycles. The van der Waals surface area contributed by atoms with E-state index in [4.69, 9.17) is 22.1 Å². The summed E-state index contributed by atoms with van der Waals surface area (Å²) in [6.07, 6.45) is 1.60. The molecular weight excluding hydrogens is 229 g/mol. The minimum atomic E-state index is -0.265. The summed E-state index contributed by atoms with van der Waals surface area (Å²) in [5, 5.41) is 0.591. The summed E-state index contributed by atoms with van der Waals surface area (Å²) in [5.74, 6) is -0.265. The first-order valence-electron chi connectivity index (χ1n) is 5.41. The number of halogens is 2. The third-order valence-corrected chi connectivity index (χ3v) is 3.67. The van der Waals surface area contributed by atoms with Crippen LogP contribution in [0.4, 0.5) is 4.39 Å². The van der Waals surface area contributed by atoms with Crippen LogP contribution >= 0.6 is 11.6 Å². The van der Waals surface area contributed by atoms with Gasteiger partial charge in [-0.2, -0.15) is 0 Å². The molecule has 0 bridgehead atoms. The maximum absolute atomic E-state index is 13.3. The predicted octanol–water partition coefficient (Wildman–Crippen LogP) is 2.49. The molecule has 1 aromatic rings. The molecule has 0 saturated carbocycles. The lowest BCUT2D eigenvalue weighted by atomic mass is 9.74. The summed E-state index contributed by atoms with van der Waals surface area (Å²) in [6, 6.07) is 4.47.